The van der Waals surface area contributed by atoms with Gasteiger partial charge in [0.1, 0.15) is 0 Å². The monoisotopic (exact) mass is 738 g/mol. The molecule has 1 spiro atoms. The second kappa shape index (κ2) is 13.8. The van der Waals surface area contributed by atoms with Crippen molar-refractivity contribution in [3.63, 3.8) is 0 Å². The highest BCUT2D eigenvalue weighted by Crippen LogP contribution is 2.64. The smallest absolute Gasteiger partial charge is 0.0727 e. The van der Waals surface area contributed by atoms with Gasteiger partial charge in [0.2, 0.25) is 0 Å². The molecule has 2 unspecified atom stereocenters. The standard InChI is InChI=1S/C55H50N2/c1-5-38-26-30-46-47-31-27-39(54(2,3)4)35-51(47)55(50(46)34-38)52-36-44(56(40-18-10-6-11-19-40)41-20-12-7-13-21-41)28-32-48(52)49-33-29-45(37-53(49)55)57(42-22-14-8-15-23-42)43-24-16-9-17-25-43/h6-8,10-16,18-20,22-37,41H,5,9,17,21H2,1-4H3. The molecule has 0 heterocycles. The van der Waals surface area contributed by atoms with Crippen LogP contribution >= 0.6 is 0 Å². The minimum absolute atomic E-state index is 0.0115. The lowest BCUT2D eigenvalue weighted by molar-refractivity contribution is 0.588. The minimum Gasteiger partial charge on any atom is -0.334 e. The molecule has 2 heteroatoms. The third kappa shape index (κ3) is 5.68. The molecule has 0 saturated heterocycles. The number of benzene rings is 6. The van der Waals surface area contributed by atoms with Crippen LogP contribution in [-0.4, -0.2) is 6.04 Å². The molecule has 0 amide bonds. The fourth-order valence-electron chi connectivity index (χ4n) is 9.90. The summed E-state index contributed by atoms with van der Waals surface area (Å²) in [5, 5.41) is 0. The van der Waals surface area contributed by atoms with Gasteiger partial charge in [-0.1, -0.05) is 149 Å². The number of para-hydroxylation sites is 2. The van der Waals surface area contributed by atoms with Crippen LogP contribution in [0.5, 0.6) is 0 Å². The summed E-state index contributed by atoms with van der Waals surface area (Å²) in [5.41, 5.74) is 19.0. The number of fused-ring (bicyclic) bond motifs is 10. The second-order valence-corrected chi connectivity index (χ2v) is 17.1. The second-order valence-electron chi connectivity index (χ2n) is 17.1. The highest BCUT2D eigenvalue weighted by molar-refractivity contribution is 5.97. The summed E-state index contributed by atoms with van der Waals surface area (Å²) in [6.45, 7) is 9.32. The Labute approximate surface area is 338 Å². The average molecular weight is 739 g/mol. The number of hydrogen-bond donors (Lipinski definition) is 0. The highest BCUT2D eigenvalue weighted by atomic mass is 15.2. The predicted molar refractivity (Wildman–Crippen MR) is 241 cm³/mol. The molecule has 0 aliphatic heterocycles. The van der Waals surface area contributed by atoms with Gasteiger partial charge < -0.3 is 9.80 Å². The van der Waals surface area contributed by atoms with Crippen molar-refractivity contribution >= 4 is 22.7 Å². The number of aryl methyl sites for hydroxylation is 1. The molecule has 0 fully saturated rings. The van der Waals surface area contributed by atoms with E-state index in [1.807, 2.05) is 0 Å². The Morgan fingerprint density at radius 2 is 1.19 bits per heavy atom. The number of rotatable bonds is 7. The third-order valence-electron chi connectivity index (χ3n) is 12.7. The van der Waals surface area contributed by atoms with E-state index in [1.54, 1.807) is 0 Å². The molecule has 0 bridgehead atoms. The van der Waals surface area contributed by atoms with E-state index in [0.29, 0.717) is 0 Å². The Morgan fingerprint density at radius 3 is 1.82 bits per heavy atom. The maximum atomic E-state index is 2.56. The van der Waals surface area contributed by atoms with Crippen molar-refractivity contribution in [2.24, 2.45) is 0 Å². The van der Waals surface area contributed by atoms with E-state index < -0.39 is 5.41 Å². The maximum Gasteiger partial charge on any atom is 0.0727 e. The molecular weight excluding hydrogens is 689 g/mol. The van der Waals surface area contributed by atoms with Crippen LogP contribution in [-0.2, 0) is 17.3 Å². The molecule has 10 rings (SSSR count). The Morgan fingerprint density at radius 1 is 0.579 bits per heavy atom. The molecule has 0 saturated carbocycles. The van der Waals surface area contributed by atoms with Gasteiger partial charge in [-0.25, -0.2) is 0 Å². The molecule has 2 atom stereocenters. The average Bonchev–Trinajstić information content (AvgIpc) is 3.71. The van der Waals surface area contributed by atoms with Crippen LogP contribution in [0.4, 0.5) is 22.7 Å². The topological polar surface area (TPSA) is 6.48 Å². The van der Waals surface area contributed by atoms with E-state index in [9.17, 15) is 0 Å². The molecule has 6 aromatic carbocycles. The van der Waals surface area contributed by atoms with Gasteiger partial charge in [-0.3, -0.25) is 0 Å². The Bertz CT molecular complexity index is 2630. The first-order valence-electron chi connectivity index (χ1n) is 20.8. The van der Waals surface area contributed by atoms with Crippen LogP contribution in [0.15, 0.2) is 182 Å². The Balaban J connectivity index is 1.29. The van der Waals surface area contributed by atoms with Crippen molar-refractivity contribution in [1.82, 2.24) is 0 Å². The molecule has 6 aromatic rings. The van der Waals surface area contributed by atoms with Gasteiger partial charge in [0.15, 0.2) is 0 Å². The quantitative estimate of drug-likeness (QED) is 0.161. The van der Waals surface area contributed by atoms with Crippen molar-refractivity contribution in [3.05, 3.63) is 215 Å². The summed E-state index contributed by atoms with van der Waals surface area (Å²) >= 11 is 0. The van der Waals surface area contributed by atoms with E-state index in [0.717, 1.165) is 25.7 Å². The number of nitrogens with zero attached hydrogens (tertiary/aromatic N) is 2. The van der Waals surface area contributed by atoms with Crippen LogP contribution in [0.3, 0.4) is 0 Å². The summed E-state index contributed by atoms with van der Waals surface area (Å²) in [6.07, 6.45) is 20.1. The summed E-state index contributed by atoms with van der Waals surface area (Å²) < 4.78 is 0. The Kier molecular flexibility index (Phi) is 8.56. The molecule has 0 radical (unpaired) electrons. The normalized spacial score (nSPS) is 18.5. The highest BCUT2D eigenvalue weighted by Gasteiger charge is 2.52. The zero-order valence-electron chi connectivity index (χ0n) is 33.5. The molecular formula is C55H50N2. The summed E-state index contributed by atoms with van der Waals surface area (Å²) in [7, 11) is 0. The molecule has 0 aromatic heterocycles. The van der Waals surface area contributed by atoms with E-state index in [4.69, 9.17) is 0 Å². The van der Waals surface area contributed by atoms with Gasteiger partial charge in [-0.15, -0.1) is 0 Å². The van der Waals surface area contributed by atoms with Gasteiger partial charge in [0, 0.05) is 28.4 Å². The number of anilines is 4. The fourth-order valence-corrected chi connectivity index (χ4v) is 9.90. The van der Waals surface area contributed by atoms with Gasteiger partial charge >= 0.3 is 0 Å². The lowest BCUT2D eigenvalue weighted by atomic mass is 9.69. The molecule has 280 valence electrons. The lowest BCUT2D eigenvalue weighted by Gasteiger charge is -2.36. The first-order chi connectivity index (χ1) is 27.9. The van der Waals surface area contributed by atoms with Crippen molar-refractivity contribution in [2.75, 3.05) is 9.80 Å². The SMILES string of the molecule is CCc1ccc2c(c1)C1(c3cc(N(C4=CCCC=C4)c4ccccc4)ccc3-c3ccc(N(c4ccccc4)C4C=CC=CC4)cc31)c1cc(C(C)(C)C)ccc1-2. The molecule has 4 aliphatic rings. The van der Waals surface area contributed by atoms with Crippen molar-refractivity contribution in [2.45, 2.75) is 70.3 Å². The third-order valence-corrected chi connectivity index (χ3v) is 12.7. The van der Waals surface area contributed by atoms with Crippen molar-refractivity contribution < 1.29 is 0 Å². The van der Waals surface area contributed by atoms with Crippen LogP contribution < -0.4 is 9.80 Å². The lowest BCUT2D eigenvalue weighted by Crippen LogP contribution is -2.31. The van der Waals surface area contributed by atoms with Gasteiger partial charge in [0.25, 0.3) is 0 Å². The summed E-state index contributed by atoms with van der Waals surface area (Å²) in [5.74, 6) is 0. The maximum absolute atomic E-state index is 2.56. The van der Waals surface area contributed by atoms with Crippen molar-refractivity contribution in [3.8, 4) is 22.3 Å². The zero-order chi connectivity index (χ0) is 38.7. The number of hydrogen-bond acceptors (Lipinski definition) is 2. The van der Waals surface area contributed by atoms with Crippen molar-refractivity contribution in [1.29, 1.82) is 0 Å². The molecule has 57 heavy (non-hydrogen) atoms. The van der Waals surface area contributed by atoms with Crippen LogP contribution in [0.2, 0.25) is 0 Å². The van der Waals surface area contributed by atoms with Crippen LogP contribution in [0.1, 0.15) is 80.3 Å². The molecule has 0 N–H and O–H groups in total. The fraction of sp³-hybridized carbons (Fsp3) is 0.200. The minimum atomic E-state index is -0.516. The summed E-state index contributed by atoms with van der Waals surface area (Å²) in [4.78, 5) is 5.01. The zero-order valence-corrected chi connectivity index (χ0v) is 33.5. The largest absolute Gasteiger partial charge is 0.334 e. The number of allylic oxidation sites excluding steroid dienone is 5. The summed E-state index contributed by atoms with van der Waals surface area (Å²) in [6, 6.07) is 51.4. The van der Waals surface area contributed by atoms with Gasteiger partial charge in [-0.2, -0.15) is 0 Å². The molecule has 4 aliphatic carbocycles. The molecule has 2 nitrogen and oxygen atoms in total. The first kappa shape index (κ1) is 35.3. The first-order valence-corrected chi connectivity index (χ1v) is 20.8. The Hall–Kier alpha value is -6.12. The van der Waals surface area contributed by atoms with Crippen LogP contribution in [0, 0.1) is 0 Å². The van der Waals surface area contributed by atoms with E-state index in [2.05, 4.69) is 213 Å². The van der Waals surface area contributed by atoms with Gasteiger partial charge in [-0.05, 0) is 141 Å². The van der Waals surface area contributed by atoms with E-state index in [1.165, 1.54) is 84.1 Å². The predicted octanol–water partition coefficient (Wildman–Crippen LogP) is 14.3. The van der Waals surface area contributed by atoms with E-state index in [-0.39, 0.29) is 11.5 Å². The van der Waals surface area contributed by atoms with Gasteiger partial charge in [0.05, 0.1) is 11.5 Å². The van der Waals surface area contributed by atoms with Crippen LogP contribution in [0.25, 0.3) is 22.3 Å². The van der Waals surface area contributed by atoms with E-state index >= 15 is 0 Å².